The second-order valence-electron chi connectivity index (χ2n) is 8.22. The number of nitrogens with two attached hydrogens (primary N) is 1. The zero-order valence-corrected chi connectivity index (χ0v) is 19.9. The van der Waals surface area contributed by atoms with Gasteiger partial charge in [-0.3, -0.25) is 9.79 Å². The molecule has 0 aliphatic carbocycles. The molecule has 0 spiro atoms. The van der Waals surface area contributed by atoms with E-state index in [4.69, 9.17) is 10.5 Å². The lowest BCUT2D eigenvalue weighted by Crippen LogP contribution is -2.48. The summed E-state index contributed by atoms with van der Waals surface area (Å²) in [6, 6.07) is 8.28. The molecule has 7 heteroatoms. The fourth-order valence-corrected chi connectivity index (χ4v) is 3.42. The number of carbonyl (C=O) groups excluding carboxylic acids is 1. The van der Waals surface area contributed by atoms with Gasteiger partial charge in [0.25, 0.3) is 0 Å². The highest BCUT2D eigenvalue weighted by atomic mass is 127. The predicted octanol–water partition coefficient (Wildman–Crippen LogP) is 3.14. The minimum Gasteiger partial charge on any atom is -0.492 e. The van der Waals surface area contributed by atoms with E-state index in [9.17, 15) is 4.79 Å². The van der Waals surface area contributed by atoms with Gasteiger partial charge in [0.05, 0.1) is 6.54 Å². The van der Waals surface area contributed by atoms with E-state index in [-0.39, 0.29) is 35.3 Å². The van der Waals surface area contributed by atoms with Gasteiger partial charge in [0.1, 0.15) is 12.4 Å². The Morgan fingerprint density at radius 2 is 2.00 bits per heavy atom. The number of nitrogens with one attached hydrogen (secondary N) is 1. The maximum absolute atomic E-state index is 11.2. The van der Waals surface area contributed by atoms with Crippen molar-refractivity contribution in [3.05, 3.63) is 29.8 Å². The Morgan fingerprint density at radius 1 is 1.32 bits per heavy atom. The normalized spacial score (nSPS) is 17.6. The summed E-state index contributed by atoms with van der Waals surface area (Å²) < 4.78 is 5.83. The monoisotopic (exact) mass is 502 g/mol. The molecule has 1 fully saturated rings. The average molecular weight is 502 g/mol. The van der Waals surface area contributed by atoms with E-state index in [1.54, 1.807) is 7.05 Å². The Hall–Kier alpha value is -1.51. The number of benzene rings is 1. The summed E-state index contributed by atoms with van der Waals surface area (Å²) >= 11 is 0. The minimum atomic E-state index is -0.226. The summed E-state index contributed by atoms with van der Waals surface area (Å²) in [5, 5.41) is 3.35. The molecule has 1 unspecified atom stereocenters. The third-order valence-corrected chi connectivity index (χ3v) is 4.89. The van der Waals surface area contributed by atoms with Gasteiger partial charge in [-0.05, 0) is 41.9 Å². The molecular weight excluding hydrogens is 467 g/mol. The van der Waals surface area contributed by atoms with Gasteiger partial charge in [-0.15, -0.1) is 24.0 Å². The van der Waals surface area contributed by atoms with E-state index >= 15 is 0 Å². The molecular formula is C21H35IN4O2. The Balaban J connectivity index is 0.00000392. The van der Waals surface area contributed by atoms with E-state index < -0.39 is 0 Å². The molecule has 1 aromatic rings. The molecule has 1 aromatic carbocycles. The van der Waals surface area contributed by atoms with Crippen LogP contribution in [0.4, 0.5) is 0 Å². The first-order valence-corrected chi connectivity index (χ1v) is 9.77. The second-order valence-corrected chi connectivity index (χ2v) is 8.22. The molecule has 0 saturated carbocycles. The van der Waals surface area contributed by atoms with Gasteiger partial charge in [0.2, 0.25) is 5.91 Å². The summed E-state index contributed by atoms with van der Waals surface area (Å²) in [6.07, 6.45) is 2.54. The molecule has 0 bridgehead atoms. The van der Waals surface area contributed by atoms with Crippen molar-refractivity contribution in [1.82, 2.24) is 10.2 Å². The molecule has 1 aliphatic rings. The molecule has 28 heavy (non-hydrogen) atoms. The SMILES string of the molecule is CN=C(NCCOc1ccc(C(C)(C)C)cc1)N1CCCC(CC(N)=O)C1.I. The first kappa shape index (κ1) is 24.5. The van der Waals surface area contributed by atoms with Crippen LogP contribution in [0.15, 0.2) is 29.3 Å². The van der Waals surface area contributed by atoms with E-state index in [1.807, 2.05) is 12.1 Å². The summed E-state index contributed by atoms with van der Waals surface area (Å²) in [6.45, 7) is 9.60. The number of primary amides is 1. The number of rotatable bonds is 6. The molecule has 1 atom stereocenters. The fraction of sp³-hybridized carbons (Fsp3) is 0.619. The van der Waals surface area contributed by atoms with Crippen molar-refractivity contribution in [3.63, 3.8) is 0 Å². The number of nitrogens with zero attached hydrogens (tertiary/aromatic N) is 2. The number of guanidine groups is 1. The summed E-state index contributed by atoms with van der Waals surface area (Å²) in [4.78, 5) is 17.7. The van der Waals surface area contributed by atoms with Crippen LogP contribution in [0.5, 0.6) is 5.75 Å². The molecule has 1 heterocycles. The van der Waals surface area contributed by atoms with E-state index in [0.29, 0.717) is 25.5 Å². The minimum absolute atomic E-state index is 0. The average Bonchev–Trinajstić information content (AvgIpc) is 2.61. The third kappa shape index (κ3) is 7.85. The smallest absolute Gasteiger partial charge is 0.217 e. The maximum Gasteiger partial charge on any atom is 0.217 e. The maximum atomic E-state index is 11.2. The quantitative estimate of drug-likeness (QED) is 0.271. The Kier molecular flexibility index (Phi) is 10.1. The van der Waals surface area contributed by atoms with Crippen LogP contribution in [0, 0.1) is 5.92 Å². The standard InChI is InChI=1S/C21H34N4O2.HI/c1-21(2,3)17-7-9-18(10-8-17)27-13-11-24-20(23-4)25-12-5-6-16(15-25)14-19(22)26;/h7-10,16H,5-6,11-15H2,1-4H3,(H2,22,26)(H,23,24);1H. The van der Waals surface area contributed by atoms with Crippen LogP contribution in [0.1, 0.15) is 45.6 Å². The number of hydrogen-bond acceptors (Lipinski definition) is 3. The Morgan fingerprint density at radius 3 is 2.57 bits per heavy atom. The number of ether oxygens (including phenoxy) is 1. The number of hydrogen-bond donors (Lipinski definition) is 2. The number of likely N-dealkylation sites (tertiary alicyclic amines) is 1. The number of amides is 1. The highest BCUT2D eigenvalue weighted by molar-refractivity contribution is 14.0. The van der Waals surface area contributed by atoms with Gasteiger partial charge >= 0.3 is 0 Å². The zero-order valence-electron chi connectivity index (χ0n) is 17.5. The first-order valence-electron chi connectivity index (χ1n) is 9.77. The molecule has 2 rings (SSSR count). The van der Waals surface area contributed by atoms with Gasteiger partial charge in [-0.1, -0.05) is 32.9 Å². The van der Waals surface area contributed by atoms with Crippen LogP contribution in [0.2, 0.25) is 0 Å². The second kappa shape index (κ2) is 11.5. The highest BCUT2D eigenvalue weighted by Crippen LogP contribution is 2.24. The molecule has 158 valence electrons. The molecule has 0 aromatic heterocycles. The van der Waals surface area contributed by atoms with Gasteiger partial charge in [0.15, 0.2) is 5.96 Å². The number of aliphatic imine (C=N–C) groups is 1. The van der Waals surface area contributed by atoms with Crippen LogP contribution in [-0.4, -0.2) is 50.1 Å². The number of piperidine rings is 1. The van der Waals surface area contributed by atoms with Crippen LogP contribution < -0.4 is 15.8 Å². The van der Waals surface area contributed by atoms with Gasteiger partial charge < -0.3 is 20.7 Å². The molecule has 1 amide bonds. The fourth-order valence-electron chi connectivity index (χ4n) is 3.42. The zero-order chi connectivity index (χ0) is 19.9. The van der Waals surface area contributed by atoms with Crippen molar-refractivity contribution in [2.24, 2.45) is 16.6 Å². The Bertz CT molecular complexity index is 641. The van der Waals surface area contributed by atoms with E-state index in [2.05, 4.69) is 48.1 Å². The van der Waals surface area contributed by atoms with Crippen molar-refractivity contribution in [3.8, 4) is 5.75 Å². The first-order chi connectivity index (χ1) is 12.8. The van der Waals surface area contributed by atoms with Crippen molar-refractivity contribution >= 4 is 35.8 Å². The van der Waals surface area contributed by atoms with Crippen LogP contribution in [-0.2, 0) is 10.2 Å². The Labute approximate surface area is 186 Å². The van der Waals surface area contributed by atoms with Crippen molar-refractivity contribution in [1.29, 1.82) is 0 Å². The van der Waals surface area contributed by atoms with Crippen molar-refractivity contribution in [2.45, 2.75) is 45.4 Å². The molecule has 1 saturated heterocycles. The highest BCUT2D eigenvalue weighted by Gasteiger charge is 2.23. The molecule has 3 N–H and O–H groups in total. The molecule has 6 nitrogen and oxygen atoms in total. The van der Waals surface area contributed by atoms with Crippen LogP contribution in [0.3, 0.4) is 0 Å². The largest absolute Gasteiger partial charge is 0.492 e. The predicted molar refractivity (Wildman–Crippen MR) is 126 cm³/mol. The van der Waals surface area contributed by atoms with Gasteiger partial charge in [-0.2, -0.15) is 0 Å². The van der Waals surface area contributed by atoms with E-state index in [1.165, 1.54) is 5.56 Å². The summed E-state index contributed by atoms with van der Waals surface area (Å²) in [7, 11) is 1.78. The number of carbonyl (C=O) groups is 1. The van der Waals surface area contributed by atoms with Gasteiger partial charge in [-0.25, -0.2) is 0 Å². The lowest BCUT2D eigenvalue weighted by molar-refractivity contribution is -0.119. The van der Waals surface area contributed by atoms with Crippen LogP contribution in [0.25, 0.3) is 0 Å². The number of halogens is 1. The van der Waals surface area contributed by atoms with Crippen molar-refractivity contribution in [2.75, 3.05) is 33.3 Å². The molecule has 1 aliphatic heterocycles. The topological polar surface area (TPSA) is 80.0 Å². The third-order valence-electron chi connectivity index (χ3n) is 4.89. The lowest BCUT2D eigenvalue weighted by atomic mass is 9.87. The molecule has 0 radical (unpaired) electrons. The van der Waals surface area contributed by atoms with Crippen molar-refractivity contribution < 1.29 is 9.53 Å². The summed E-state index contributed by atoms with van der Waals surface area (Å²) in [5.74, 6) is 1.82. The van der Waals surface area contributed by atoms with Gasteiger partial charge in [0, 0.05) is 26.6 Å². The lowest BCUT2D eigenvalue weighted by Gasteiger charge is -2.34. The van der Waals surface area contributed by atoms with E-state index in [0.717, 1.165) is 37.6 Å². The van der Waals surface area contributed by atoms with Crippen LogP contribution >= 0.6 is 24.0 Å². The summed E-state index contributed by atoms with van der Waals surface area (Å²) in [5.41, 5.74) is 6.79.